The Labute approximate surface area is 145 Å². The van der Waals surface area contributed by atoms with E-state index in [-0.39, 0.29) is 29.5 Å². The molecule has 1 aromatic carbocycles. The molecule has 0 saturated carbocycles. The second kappa shape index (κ2) is 7.95. The van der Waals surface area contributed by atoms with Crippen LogP contribution in [0, 0.1) is 0 Å². The van der Waals surface area contributed by atoms with Crippen LogP contribution in [0.4, 0.5) is 0 Å². The van der Waals surface area contributed by atoms with Crippen LogP contribution in [-0.2, 0) is 21.4 Å². The van der Waals surface area contributed by atoms with Crippen molar-refractivity contribution in [3.63, 3.8) is 0 Å². The van der Waals surface area contributed by atoms with Crippen LogP contribution in [0.5, 0.6) is 0 Å². The van der Waals surface area contributed by atoms with Crippen LogP contribution in [0.3, 0.4) is 0 Å². The van der Waals surface area contributed by atoms with E-state index in [1.165, 1.54) is 44.6 Å². The van der Waals surface area contributed by atoms with Crippen molar-refractivity contribution in [2.24, 2.45) is 0 Å². The van der Waals surface area contributed by atoms with E-state index >= 15 is 0 Å². The average molecular weight is 365 g/mol. The topological polar surface area (TPSA) is 109 Å². The van der Waals surface area contributed by atoms with Gasteiger partial charge in [0.2, 0.25) is 15.9 Å². The van der Waals surface area contributed by atoms with Gasteiger partial charge in [0.15, 0.2) is 0 Å². The first-order chi connectivity index (χ1) is 11.8. The summed E-state index contributed by atoms with van der Waals surface area (Å²) < 4.78 is 30.3. The van der Waals surface area contributed by atoms with E-state index in [9.17, 15) is 18.0 Å². The number of hydrogen-bond donors (Lipinski definition) is 2. The molecule has 0 aliphatic rings. The minimum Gasteiger partial charge on any atom is -0.467 e. The van der Waals surface area contributed by atoms with E-state index in [1.807, 2.05) is 0 Å². The predicted octanol–water partition coefficient (Wildman–Crippen LogP) is 0.576. The van der Waals surface area contributed by atoms with Gasteiger partial charge in [-0.3, -0.25) is 9.59 Å². The summed E-state index contributed by atoms with van der Waals surface area (Å²) in [6.07, 6.45) is 1.50. The van der Waals surface area contributed by atoms with E-state index in [0.717, 1.165) is 4.31 Å². The summed E-state index contributed by atoms with van der Waals surface area (Å²) in [4.78, 5) is 23.8. The lowest BCUT2D eigenvalue weighted by Gasteiger charge is -2.12. The van der Waals surface area contributed by atoms with Crippen molar-refractivity contribution in [3.05, 3.63) is 54.0 Å². The number of benzene rings is 1. The zero-order valence-corrected chi connectivity index (χ0v) is 14.7. The molecular weight excluding hydrogens is 346 g/mol. The summed E-state index contributed by atoms with van der Waals surface area (Å²) >= 11 is 0. The molecule has 2 N–H and O–H groups in total. The number of carbonyl (C=O) groups excluding carboxylic acids is 2. The van der Waals surface area contributed by atoms with Gasteiger partial charge in [0, 0.05) is 19.7 Å². The number of carbonyl (C=O) groups is 2. The Morgan fingerprint density at radius 3 is 2.52 bits per heavy atom. The number of hydrogen-bond acceptors (Lipinski definition) is 5. The van der Waals surface area contributed by atoms with Crippen molar-refractivity contribution in [2.45, 2.75) is 11.4 Å². The molecule has 0 fully saturated rings. The number of nitrogens with one attached hydrogen (secondary N) is 2. The molecule has 0 unspecified atom stereocenters. The lowest BCUT2D eigenvalue weighted by molar-refractivity contribution is -0.120. The zero-order chi connectivity index (χ0) is 18.4. The summed E-state index contributed by atoms with van der Waals surface area (Å²) in [5.74, 6) is -0.327. The highest BCUT2D eigenvalue weighted by Gasteiger charge is 2.18. The molecule has 0 atom stereocenters. The van der Waals surface area contributed by atoms with Gasteiger partial charge in [0.1, 0.15) is 5.76 Å². The lowest BCUT2D eigenvalue weighted by atomic mass is 10.2. The number of rotatable bonds is 7. The molecular formula is C16H19N3O5S. The van der Waals surface area contributed by atoms with Gasteiger partial charge in [-0.25, -0.2) is 12.7 Å². The summed E-state index contributed by atoms with van der Waals surface area (Å²) in [6.45, 7) is -0.0114. The third-order valence-corrected chi connectivity index (χ3v) is 5.14. The maximum atomic E-state index is 12.1. The normalized spacial score (nSPS) is 11.3. The van der Waals surface area contributed by atoms with E-state index in [2.05, 4.69) is 10.6 Å². The first kappa shape index (κ1) is 18.7. The quantitative estimate of drug-likeness (QED) is 0.746. The van der Waals surface area contributed by atoms with E-state index < -0.39 is 15.9 Å². The highest BCUT2D eigenvalue weighted by Crippen LogP contribution is 2.14. The van der Waals surface area contributed by atoms with Gasteiger partial charge < -0.3 is 15.1 Å². The number of sulfonamides is 1. The minimum atomic E-state index is -3.63. The molecule has 2 amide bonds. The molecule has 25 heavy (non-hydrogen) atoms. The third-order valence-electron chi connectivity index (χ3n) is 3.32. The molecule has 0 aliphatic carbocycles. The Kier molecular flexibility index (Phi) is 5.94. The smallest absolute Gasteiger partial charge is 0.251 e. The van der Waals surface area contributed by atoms with Crippen molar-refractivity contribution < 1.29 is 22.4 Å². The maximum Gasteiger partial charge on any atom is 0.251 e. The SMILES string of the molecule is CN(C)S(=O)(=O)c1cccc(C(=O)NCC(=O)NCc2ccco2)c1. The van der Waals surface area contributed by atoms with Gasteiger partial charge in [0.05, 0.1) is 24.2 Å². The van der Waals surface area contributed by atoms with Crippen LogP contribution >= 0.6 is 0 Å². The summed E-state index contributed by atoms with van der Waals surface area (Å²) in [7, 11) is -0.818. The lowest BCUT2D eigenvalue weighted by Crippen LogP contribution is -2.36. The fourth-order valence-electron chi connectivity index (χ4n) is 1.93. The average Bonchev–Trinajstić information content (AvgIpc) is 3.11. The molecule has 1 aromatic heterocycles. The molecule has 134 valence electrons. The van der Waals surface area contributed by atoms with Gasteiger partial charge in [-0.15, -0.1) is 0 Å². The van der Waals surface area contributed by atoms with Crippen LogP contribution < -0.4 is 10.6 Å². The largest absolute Gasteiger partial charge is 0.467 e. The third kappa shape index (κ3) is 4.91. The van der Waals surface area contributed by atoms with Crippen LogP contribution in [0.1, 0.15) is 16.1 Å². The summed E-state index contributed by atoms with van der Waals surface area (Å²) in [6, 6.07) is 9.05. The van der Waals surface area contributed by atoms with Crippen molar-refractivity contribution in [1.82, 2.24) is 14.9 Å². The Balaban J connectivity index is 1.93. The van der Waals surface area contributed by atoms with Gasteiger partial charge in [-0.1, -0.05) is 6.07 Å². The second-order valence-corrected chi connectivity index (χ2v) is 7.51. The molecule has 0 radical (unpaired) electrons. The monoisotopic (exact) mass is 365 g/mol. The molecule has 2 aromatic rings. The van der Waals surface area contributed by atoms with Crippen LogP contribution in [0.2, 0.25) is 0 Å². The molecule has 1 heterocycles. The fraction of sp³-hybridized carbons (Fsp3) is 0.250. The zero-order valence-electron chi connectivity index (χ0n) is 13.9. The summed E-state index contributed by atoms with van der Waals surface area (Å²) in [5, 5.41) is 5.04. The van der Waals surface area contributed by atoms with Gasteiger partial charge >= 0.3 is 0 Å². The Bertz CT molecular complexity index is 844. The van der Waals surface area contributed by atoms with Gasteiger partial charge in [-0.2, -0.15) is 0 Å². The van der Waals surface area contributed by atoms with Crippen molar-refractivity contribution in [2.75, 3.05) is 20.6 Å². The van der Waals surface area contributed by atoms with E-state index in [4.69, 9.17) is 4.42 Å². The summed E-state index contributed by atoms with van der Waals surface area (Å²) in [5.41, 5.74) is 0.154. The van der Waals surface area contributed by atoms with Crippen LogP contribution in [-0.4, -0.2) is 45.2 Å². The highest BCUT2D eigenvalue weighted by atomic mass is 32.2. The van der Waals surface area contributed by atoms with E-state index in [1.54, 1.807) is 12.1 Å². The molecule has 0 spiro atoms. The standard InChI is InChI=1S/C16H19N3O5S/c1-19(2)25(22,23)14-7-3-5-12(9-14)16(21)18-11-15(20)17-10-13-6-4-8-24-13/h3-9H,10-11H2,1-2H3,(H,17,20)(H,18,21). The Morgan fingerprint density at radius 1 is 1.12 bits per heavy atom. The van der Waals surface area contributed by atoms with Gasteiger partial charge in [-0.05, 0) is 30.3 Å². The number of furan rings is 1. The van der Waals surface area contributed by atoms with Crippen molar-refractivity contribution in [3.8, 4) is 0 Å². The maximum absolute atomic E-state index is 12.1. The molecule has 8 nitrogen and oxygen atoms in total. The number of nitrogens with zero attached hydrogens (tertiary/aromatic N) is 1. The molecule has 0 aliphatic heterocycles. The first-order valence-corrected chi connectivity index (χ1v) is 8.84. The first-order valence-electron chi connectivity index (χ1n) is 7.40. The molecule has 2 rings (SSSR count). The van der Waals surface area contributed by atoms with Crippen LogP contribution in [0.15, 0.2) is 52.0 Å². The Hall–Kier alpha value is -2.65. The predicted molar refractivity (Wildman–Crippen MR) is 90.2 cm³/mol. The van der Waals surface area contributed by atoms with Crippen molar-refractivity contribution in [1.29, 1.82) is 0 Å². The van der Waals surface area contributed by atoms with Crippen molar-refractivity contribution >= 4 is 21.8 Å². The van der Waals surface area contributed by atoms with Gasteiger partial charge in [0.25, 0.3) is 5.91 Å². The fourth-order valence-corrected chi connectivity index (χ4v) is 2.88. The second-order valence-electron chi connectivity index (χ2n) is 5.35. The Morgan fingerprint density at radius 2 is 1.88 bits per heavy atom. The number of amides is 2. The van der Waals surface area contributed by atoms with Crippen LogP contribution in [0.25, 0.3) is 0 Å². The van der Waals surface area contributed by atoms with E-state index in [0.29, 0.717) is 5.76 Å². The molecule has 0 bridgehead atoms. The molecule has 0 saturated heterocycles. The highest BCUT2D eigenvalue weighted by molar-refractivity contribution is 7.89. The minimum absolute atomic E-state index is 0.00687. The molecule has 9 heteroatoms.